The van der Waals surface area contributed by atoms with Gasteiger partial charge in [0.25, 0.3) is 11.9 Å². The Morgan fingerprint density at radius 2 is 1.75 bits per heavy atom. The van der Waals surface area contributed by atoms with Crippen molar-refractivity contribution in [2.45, 2.75) is 38.8 Å². The van der Waals surface area contributed by atoms with Crippen LogP contribution in [0.1, 0.15) is 42.1 Å². The van der Waals surface area contributed by atoms with Crippen LogP contribution in [0, 0.1) is 0 Å². The molecule has 51 heavy (non-hydrogen) atoms. The molecule has 19 nitrogen and oxygen atoms in total. The highest BCUT2D eigenvalue weighted by Gasteiger charge is 2.21. The first-order chi connectivity index (χ1) is 24.7. The summed E-state index contributed by atoms with van der Waals surface area (Å²) >= 11 is 0. The number of ether oxygens (including phenoxy) is 2. The smallest absolute Gasteiger partial charge is 0.325 e. The van der Waals surface area contributed by atoms with Gasteiger partial charge >= 0.3 is 5.97 Å². The third-order valence-corrected chi connectivity index (χ3v) is 7.56. The van der Waals surface area contributed by atoms with Crippen molar-refractivity contribution in [2.24, 2.45) is 0 Å². The van der Waals surface area contributed by atoms with Crippen molar-refractivity contribution >= 4 is 22.9 Å². The SMILES string of the molecule is CCOc1nc2cccc(C(=O)NCC(=O)OCCCCC(CON(O)O)ON(O)O)c2n1Cc1ccc(-c2ccccc2-c2nn[nH]n2)cc1. The summed E-state index contributed by atoms with van der Waals surface area (Å²) in [5.74, 6) is -0.679. The van der Waals surface area contributed by atoms with Gasteiger partial charge in [-0.25, -0.2) is 9.68 Å². The molecule has 6 N–H and O–H groups in total. The molecule has 19 heteroatoms. The Labute approximate surface area is 290 Å². The number of imidazole rings is 1. The largest absolute Gasteiger partial charge is 0.465 e. The number of rotatable bonds is 19. The molecule has 0 aliphatic carbocycles. The molecule has 5 aromatic rings. The molecule has 0 aliphatic heterocycles. The first-order valence-corrected chi connectivity index (χ1v) is 15.9. The summed E-state index contributed by atoms with van der Waals surface area (Å²) in [5.41, 5.74) is 5.03. The minimum absolute atomic E-state index is 0.0118. The van der Waals surface area contributed by atoms with Crippen molar-refractivity contribution < 1.29 is 49.6 Å². The Bertz CT molecular complexity index is 1870. The van der Waals surface area contributed by atoms with Gasteiger partial charge in [-0.05, 0) is 60.2 Å². The van der Waals surface area contributed by atoms with E-state index in [2.05, 4.69) is 40.6 Å². The summed E-state index contributed by atoms with van der Waals surface area (Å²) < 4.78 is 12.9. The molecular formula is C32H37N9O10. The van der Waals surface area contributed by atoms with Crippen LogP contribution in [0.15, 0.2) is 66.7 Å². The van der Waals surface area contributed by atoms with Gasteiger partial charge in [0, 0.05) is 5.56 Å². The number of amides is 1. The molecular weight excluding hydrogens is 670 g/mol. The normalized spacial score (nSPS) is 12.1. The lowest BCUT2D eigenvalue weighted by atomic mass is 9.98. The number of nitrogens with zero attached hydrogens (tertiary/aromatic N) is 7. The molecule has 2 aromatic heterocycles. The van der Waals surface area contributed by atoms with Crippen molar-refractivity contribution in [3.05, 3.63) is 77.9 Å². The van der Waals surface area contributed by atoms with Gasteiger partial charge in [-0.2, -0.15) is 10.2 Å². The van der Waals surface area contributed by atoms with Gasteiger partial charge in [-0.3, -0.25) is 35.0 Å². The van der Waals surface area contributed by atoms with E-state index < -0.39 is 35.4 Å². The molecule has 270 valence electrons. The topological polar surface area (TPSA) is 243 Å². The number of benzene rings is 3. The summed E-state index contributed by atoms with van der Waals surface area (Å²) in [4.78, 5) is 39.5. The Morgan fingerprint density at radius 3 is 2.45 bits per heavy atom. The zero-order valence-corrected chi connectivity index (χ0v) is 27.5. The molecule has 0 spiro atoms. The van der Waals surface area contributed by atoms with E-state index in [0.29, 0.717) is 54.4 Å². The number of para-hydroxylation sites is 1. The molecule has 3 aromatic carbocycles. The number of carbonyl (C=O) groups excluding carboxylic acids is 2. The zero-order valence-electron chi connectivity index (χ0n) is 27.5. The van der Waals surface area contributed by atoms with E-state index in [1.54, 1.807) is 18.2 Å². The highest BCUT2D eigenvalue weighted by atomic mass is 17.1. The summed E-state index contributed by atoms with van der Waals surface area (Å²) in [5, 5.41) is 51.0. The maximum Gasteiger partial charge on any atom is 0.325 e. The lowest BCUT2D eigenvalue weighted by molar-refractivity contribution is -0.527. The number of aromatic amines is 1. The highest BCUT2D eigenvalue weighted by Crippen LogP contribution is 2.31. The first kappa shape index (κ1) is 36.9. The van der Waals surface area contributed by atoms with Crippen LogP contribution in [0.2, 0.25) is 0 Å². The van der Waals surface area contributed by atoms with E-state index in [1.165, 1.54) is 0 Å². The van der Waals surface area contributed by atoms with Crippen LogP contribution in [0.3, 0.4) is 0 Å². The number of aromatic nitrogens is 6. The van der Waals surface area contributed by atoms with Crippen molar-refractivity contribution in [3.63, 3.8) is 0 Å². The minimum Gasteiger partial charge on any atom is -0.465 e. The Kier molecular flexibility index (Phi) is 13.0. The summed E-state index contributed by atoms with van der Waals surface area (Å²) in [6, 6.07) is 21.2. The molecule has 0 saturated heterocycles. The fraction of sp³-hybridized carbons (Fsp3) is 0.312. The molecule has 1 atom stereocenters. The molecule has 2 heterocycles. The number of carbonyl (C=O) groups is 2. The van der Waals surface area contributed by atoms with Crippen molar-refractivity contribution in [2.75, 3.05) is 26.4 Å². The number of nitrogens with one attached hydrogen (secondary N) is 2. The monoisotopic (exact) mass is 707 g/mol. The summed E-state index contributed by atoms with van der Waals surface area (Å²) in [6.07, 6.45) is 0.00845. The van der Waals surface area contributed by atoms with E-state index in [0.717, 1.165) is 22.3 Å². The van der Waals surface area contributed by atoms with Crippen molar-refractivity contribution in [3.8, 4) is 28.5 Å². The molecule has 0 radical (unpaired) electrons. The van der Waals surface area contributed by atoms with Gasteiger partial charge in [0.1, 0.15) is 19.3 Å². The van der Waals surface area contributed by atoms with Crippen LogP contribution < -0.4 is 10.1 Å². The zero-order chi connectivity index (χ0) is 36.2. The van der Waals surface area contributed by atoms with Gasteiger partial charge < -0.3 is 14.8 Å². The average molecular weight is 708 g/mol. The van der Waals surface area contributed by atoms with Crippen LogP contribution in [0.5, 0.6) is 6.01 Å². The van der Waals surface area contributed by atoms with E-state index >= 15 is 0 Å². The predicted molar refractivity (Wildman–Crippen MR) is 174 cm³/mol. The highest BCUT2D eigenvalue weighted by molar-refractivity contribution is 6.06. The van der Waals surface area contributed by atoms with Gasteiger partial charge in [0.05, 0.1) is 47.1 Å². The van der Waals surface area contributed by atoms with E-state index in [9.17, 15) is 9.59 Å². The lowest BCUT2D eigenvalue weighted by Crippen LogP contribution is -2.31. The quantitative estimate of drug-likeness (QED) is 0.0410. The second kappa shape index (κ2) is 18.0. The minimum atomic E-state index is -0.943. The summed E-state index contributed by atoms with van der Waals surface area (Å²) in [7, 11) is 0. The molecule has 0 saturated carbocycles. The maximum absolute atomic E-state index is 13.4. The van der Waals surface area contributed by atoms with Crippen LogP contribution in [-0.4, -0.2) is 106 Å². The number of hydrogen-bond donors (Lipinski definition) is 6. The number of H-pyrrole nitrogens is 1. The van der Waals surface area contributed by atoms with Crippen LogP contribution in [0.4, 0.5) is 0 Å². The van der Waals surface area contributed by atoms with Gasteiger partial charge in [-0.15, -0.1) is 10.2 Å². The predicted octanol–water partition coefficient (Wildman–Crippen LogP) is 3.17. The van der Waals surface area contributed by atoms with Gasteiger partial charge in [0.2, 0.25) is 5.82 Å². The van der Waals surface area contributed by atoms with E-state index in [4.69, 9.17) is 30.3 Å². The van der Waals surface area contributed by atoms with Crippen LogP contribution >= 0.6 is 0 Å². The Morgan fingerprint density at radius 1 is 0.961 bits per heavy atom. The number of unbranched alkanes of at least 4 members (excludes halogenated alkanes) is 1. The second-order valence-corrected chi connectivity index (χ2v) is 11.0. The maximum atomic E-state index is 13.4. The molecule has 0 aliphatic rings. The fourth-order valence-corrected chi connectivity index (χ4v) is 5.32. The standard InChI is InChI=1S/C32H37N9O10/c1-2-48-32-34-27-12-7-11-26(31(43)33-18-28(42)49-17-6-5-8-23(51-41(46)47)20-50-40(44)45)29(27)39(32)19-21-13-15-22(16-14-21)24-9-3-4-10-25(24)30-35-37-38-36-30/h3-4,7,9-16,23,44-47H,2,5-6,8,17-20H2,1H3,(H,33,43)(H,35,36,37,38). The first-order valence-electron chi connectivity index (χ1n) is 15.9. The second-order valence-electron chi connectivity index (χ2n) is 11.0. The molecule has 1 unspecified atom stereocenters. The Balaban J connectivity index is 1.22. The van der Waals surface area contributed by atoms with Gasteiger partial charge in [-0.1, -0.05) is 54.6 Å². The number of fused-ring (bicyclic) bond motifs is 1. The molecule has 5 rings (SSSR count). The van der Waals surface area contributed by atoms with Crippen molar-refractivity contribution in [1.29, 1.82) is 0 Å². The van der Waals surface area contributed by atoms with E-state index in [-0.39, 0.29) is 19.6 Å². The Hall–Kier alpha value is -5.38. The molecule has 1 amide bonds. The van der Waals surface area contributed by atoms with Crippen LogP contribution in [0.25, 0.3) is 33.5 Å². The van der Waals surface area contributed by atoms with Gasteiger partial charge in [0.15, 0.2) is 0 Å². The fourth-order valence-electron chi connectivity index (χ4n) is 5.32. The van der Waals surface area contributed by atoms with E-state index in [1.807, 2.05) is 60.0 Å². The number of hydrogen-bond acceptors (Lipinski definition) is 16. The third-order valence-electron chi connectivity index (χ3n) is 7.56. The van der Waals surface area contributed by atoms with Crippen LogP contribution in [-0.2, 0) is 25.8 Å². The third kappa shape index (κ3) is 10.1. The average Bonchev–Trinajstić information content (AvgIpc) is 3.78. The lowest BCUT2D eigenvalue weighted by Gasteiger charge is -2.18. The number of esters is 1. The molecule has 0 fully saturated rings. The summed E-state index contributed by atoms with van der Waals surface area (Å²) in [6.45, 7) is 1.76. The molecule has 0 bridgehead atoms. The number of tetrazole rings is 1. The van der Waals surface area contributed by atoms with Crippen molar-refractivity contribution in [1.82, 2.24) is 46.3 Å².